The first kappa shape index (κ1) is 15.7. The number of nitrogens with one attached hydrogen (secondary N) is 1. The number of benzene rings is 1. The zero-order chi connectivity index (χ0) is 16.1. The maximum atomic E-state index is 12.1. The number of para-hydroxylation sites is 2. The van der Waals surface area contributed by atoms with Gasteiger partial charge < -0.3 is 19.7 Å². The Hall–Kier alpha value is -2.21. The molecule has 1 aromatic heterocycles. The number of ether oxygens (including phenoxy) is 2. The van der Waals surface area contributed by atoms with Gasteiger partial charge in [-0.3, -0.25) is 0 Å². The fourth-order valence-corrected chi connectivity index (χ4v) is 3.13. The summed E-state index contributed by atoms with van der Waals surface area (Å²) in [6.45, 7) is 1.57. The van der Waals surface area contributed by atoms with Crippen LogP contribution in [0.2, 0.25) is 0 Å². The largest absolute Gasteiger partial charge is 0.486 e. The molecule has 0 radical (unpaired) electrons. The van der Waals surface area contributed by atoms with E-state index in [9.17, 15) is 4.79 Å². The van der Waals surface area contributed by atoms with Crippen molar-refractivity contribution in [2.45, 2.75) is 12.5 Å². The highest BCUT2D eigenvalue weighted by Gasteiger charge is 2.23. The number of carbonyl (C=O) groups excluding carboxylic acids is 1. The van der Waals surface area contributed by atoms with Crippen LogP contribution in [0.1, 0.15) is 4.88 Å². The molecular formula is C17H20N2O3S. The molecule has 2 aromatic rings. The van der Waals surface area contributed by atoms with Gasteiger partial charge in [-0.2, -0.15) is 0 Å². The summed E-state index contributed by atoms with van der Waals surface area (Å²) in [7, 11) is 1.77. The minimum absolute atomic E-state index is 0.0935. The van der Waals surface area contributed by atoms with E-state index in [1.54, 1.807) is 23.3 Å². The smallest absolute Gasteiger partial charge is 0.317 e. The van der Waals surface area contributed by atoms with Crippen LogP contribution in [0.5, 0.6) is 11.5 Å². The number of carbonyl (C=O) groups is 1. The molecule has 1 aliphatic heterocycles. The van der Waals surface area contributed by atoms with Gasteiger partial charge in [-0.25, -0.2) is 4.79 Å². The first-order valence-electron chi connectivity index (χ1n) is 7.62. The number of thiophene rings is 1. The number of urea groups is 1. The zero-order valence-corrected chi connectivity index (χ0v) is 13.8. The number of fused-ring (bicyclic) bond motifs is 1. The van der Waals surface area contributed by atoms with Crippen LogP contribution in [0.25, 0.3) is 0 Å². The third kappa shape index (κ3) is 4.16. The van der Waals surface area contributed by atoms with Crippen LogP contribution in [0.15, 0.2) is 41.8 Å². The molecule has 0 unspecified atom stereocenters. The van der Waals surface area contributed by atoms with Gasteiger partial charge in [0.2, 0.25) is 0 Å². The third-order valence-electron chi connectivity index (χ3n) is 3.62. The Morgan fingerprint density at radius 1 is 1.30 bits per heavy atom. The Balaban J connectivity index is 1.43. The molecule has 0 saturated heterocycles. The SMILES string of the molecule is CN(C[C@@H]1COc2ccccc2O1)C(=O)NCCc1cccs1. The van der Waals surface area contributed by atoms with E-state index < -0.39 is 0 Å². The van der Waals surface area contributed by atoms with Gasteiger partial charge in [0.1, 0.15) is 6.61 Å². The Morgan fingerprint density at radius 3 is 2.91 bits per heavy atom. The third-order valence-corrected chi connectivity index (χ3v) is 4.56. The predicted molar refractivity (Wildman–Crippen MR) is 90.4 cm³/mol. The summed E-state index contributed by atoms with van der Waals surface area (Å²) < 4.78 is 11.5. The van der Waals surface area contributed by atoms with Crippen molar-refractivity contribution in [2.24, 2.45) is 0 Å². The van der Waals surface area contributed by atoms with Crippen LogP contribution < -0.4 is 14.8 Å². The topological polar surface area (TPSA) is 50.8 Å². The fourth-order valence-electron chi connectivity index (χ4n) is 2.42. The summed E-state index contributed by atoms with van der Waals surface area (Å²) in [6.07, 6.45) is 0.700. The number of likely N-dealkylation sites (N-methyl/N-ethyl adjacent to an activating group) is 1. The molecule has 0 fully saturated rings. The van der Waals surface area contributed by atoms with Crippen LogP contribution in [-0.2, 0) is 6.42 Å². The molecule has 0 bridgehead atoms. The summed E-state index contributed by atoms with van der Waals surface area (Å²) in [5.74, 6) is 1.49. The van der Waals surface area contributed by atoms with E-state index in [0.717, 1.165) is 17.9 Å². The number of hydrogen-bond acceptors (Lipinski definition) is 4. The van der Waals surface area contributed by atoms with E-state index >= 15 is 0 Å². The lowest BCUT2D eigenvalue weighted by Crippen LogP contribution is -2.45. The summed E-state index contributed by atoms with van der Waals surface area (Å²) in [4.78, 5) is 15.0. The Morgan fingerprint density at radius 2 is 2.13 bits per heavy atom. The van der Waals surface area contributed by atoms with E-state index in [-0.39, 0.29) is 12.1 Å². The number of hydrogen-bond donors (Lipinski definition) is 1. The van der Waals surface area contributed by atoms with E-state index in [4.69, 9.17) is 9.47 Å². The molecule has 5 nitrogen and oxygen atoms in total. The highest BCUT2D eigenvalue weighted by molar-refractivity contribution is 7.09. The van der Waals surface area contributed by atoms with Crippen molar-refractivity contribution in [3.63, 3.8) is 0 Å². The summed E-state index contributed by atoms with van der Waals surface area (Å²) in [5, 5.41) is 4.97. The van der Waals surface area contributed by atoms with Crippen LogP contribution >= 0.6 is 11.3 Å². The molecule has 0 aliphatic carbocycles. The summed E-state index contributed by atoms with van der Waals surface area (Å²) in [6, 6.07) is 11.6. The Bertz CT molecular complexity index is 645. The average molecular weight is 332 g/mol. The van der Waals surface area contributed by atoms with Gasteiger partial charge in [0, 0.05) is 18.5 Å². The second-order valence-electron chi connectivity index (χ2n) is 5.44. The molecule has 0 saturated carbocycles. The standard InChI is InChI=1S/C17H20N2O3S/c1-19(17(20)18-9-8-14-5-4-10-23-14)11-13-12-21-15-6-2-3-7-16(15)22-13/h2-7,10,13H,8-9,11-12H2,1H3,(H,18,20)/t13-/m1/s1. The van der Waals surface area contributed by atoms with Gasteiger partial charge >= 0.3 is 6.03 Å². The summed E-state index contributed by atoms with van der Waals surface area (Å²) in [5.41, 5.74) is 0. The number of nitrogens with zero attached hydrogens (tertiary/aromatic N) is 1. The number of rotatable bonds is 5. The quantitative estimate of drug-likeness (QED) is 0.916. The summed E-state index contributed by atoms with van der Waals surface area (Å²) >= 11 is 1.70. The Labute approximate surface area is 139 Å². The van der Waals surface area contributed by atoms with Gasteiger partial charge in [-0.15, -0.1) is 11.3 Å². The van der Waals surface area contributed by atoms with Crippen molar-refractivity contribution < 1.29 is 14.3 Å². The highest BCUT2D eigenvalue weighted by Crippen LogP contribution is 2.30. The van der Waals surface area contributed by atoms with Crippen molar-refractivity contribution in [1.29, 1.82) is 0 Å². The van der Waals surface area contributed by atoms with Gasteiger partial charge in [-0.05, 0) is 30.0 Å². The van der Waals surface area contributed by atoms with Gasteiger partial charge in [-0.1, -0.05) is 18.2 Å². The van der Waals surface area contributed by atoms with Crippen LogP contribution in [-0.4, -0.2) is 43.8 Å². The van der Waals surface area contributed by atoms with Gasteiger partial charge in [0.25, 0.3) is 0 Å². The lowest BCUT2D eigenvalue weighted by Gasteiger charge is -2.29. The molecular weight excluding hydrogens is 312 g/mol. The molecule has 1 aliphatic rings. The van der Waals surface area contributed by atoms with Crippen molar-refractivity contribution in [3.8, 4) is 11.5 Å². The number of amides is 2. The molecule has 23 heavy (non-hydrogen) atoms. The monoisotopic (exact) mass is 332 g/mol. The van der Waals surface area contributed by atoms with Crippen molar-refractivity contribution >= 4 is 17.4 Å². The predicted octanol–water partition coefficient (Wildman–Crippen LogP) is 2.77. The molecule has 2 amide bonds. The van der Waals surface area contributed by atoms with Crippen molar-refractivity contribution in [3.05, 3.63) is 46.7 Å². The molecule has 6 heteroatoms. The first-order valence-corrected chi connectivity index (χ1v) is 8.50. The maximum absolute atomic E-state index is 12.1. The second kappa shape index (κ2) is 7.37. The molecule has 3 rings (SSSR count). The average Bonchev–Trinajstić information content (AvgIpc) is 3.08. The van der Waals surface area contributed by atoms with Crippen LogP contribution in [0, 0.1) is 0 Å². The van der Waals surface area contributed by atoms with Crippen LogP contribution in [0.4, 0.5) is 4.79 Å². The zero-order valence-electron chi connectivity index (χ0n) is 13.0. The van der Waals surface area contributed by atoms with Crippen molar-refractivity contribution in [2.75, 3.05) is 26.7 Å². The molecule has 1 atom stereocenters. The van der Waals surface area contributed by atoms with Crippen LogP contribution in [0.3, 0.4) is 0 Å². The molecule has 1 N–H and O–H groups in total. The molecule has 122 valence electrons. The first-order chi connectivity index (χ1) is 11.2. The lowest BCUT2D eigenvalue weighted by molar-refractivity contribution is 0.0716. The molecule has 1 aromatic carbocycles. The van der Waals surface area contributed by atoms with Gasteiger partial charge in [0.05, 0.1) is 6.54 Å². The maximum Gasteiger partial charge on any atom is 0.317 e. The highest BCUT2D eigenvalue weighted by atomic mass is 32.1. The lowest BCUT2D eigenvalue weighted by atomic mass is 10.2. The normalized spacial score (nSPS) is 16.0. The van der Waals surface area contributed by atoms with Crippen molar-refractivity contribution in [1.82, 2.24) is 10.2 Å². The minimum atomic E-state index is -0.155. The second-order valence-corrected chi connectivity index (χ2v) is 6.47. The van der Waals surface area contributed by atoms with E-state index in [0.29, 0.717) is 19.7 Å². The molecule has 0 spiro atoms. The van der Waals surface area contributed by atoms with E-state index in [2.05, 4.69) is 11.4 Å². The van der Waals surface area contributed by atoms with E-state index in [1.807, 2.05) is 35.7 Å². The fraction of sp³-hybridized carbons (Fsp3) is 0.353. The Kier molecular flexibility index (Phi) is 5.02. The van der Waals surface area contributed by atoms with E-state index in [1.165, 1.54) is 4.88 Å². The minimum Gasteiger partial charge on any atom is -0.486 e. The molecule has 2 heterocycles. The van der Waals surface area contributed by atoms with Gasteiger partial charge in [0.15, 0.2) is 17.6 Å².